The zero-order valence-electron chi connectivity index (χ0n) is 19.9. The molecule has 0 amide bonds. The Bertz CT molecular complexity index is 1110. The first-order valence-corrected chi connectivity index (χ1v) is 13.3. The Morgan fingerprint density at radius 1 is 1.30 bits per heavy atom. The highest BCUT2D eigenvalue weighted by Gasteiger charge is 2.39. The minimum atomic E-state index is -0.608. The second-order valence-electron chi connectivity index (χ2n) is 9.22. The third kappa shape index (κ3) is 6.33. The van der Waals surface area contributed by atoms with E-state index in [9.17, 15) is 14.4 Å². The Hall–Kier alpha value is -1.97. The largest absolute Gasteiger partial charge is 0.456 e. The van der Waals surface area contributed by atoms with Gasteiger partial charge in [-0.2, -0.15) is 0 Å². The maximum Gasteiger partial charge on any atom is 0.338 e. The molecule has 180 valence electrons. The van der Waals surface area contributed by atoms with Crippen LogP contribution in [0.15, 0.2) is 40.1 Å². The van der Waals surface area contributed by atoms with Crippen LogP contribution in [0.5, 0.6) is 0 Å². The van der Waals surface area contributed by atoms with E-state index in [0.717, 1.165) is 5.56 Å². The summed E-state index contributed by atoms with van der Waals surface area (Å²) in [5.74, 6) is -0.392. The number of carbonyl (C=O) groups excluding carboxylic acids is 1. The molecular weight excluding hydrogens is 460 g/mol. The fourth-order valence-corrected chi connectivity index (χ4v) is 6.02. The minimum Gasteiger partial charge on any atom is -0.456 e. The van der Waals surface area contributed by atoms with Crippen molar-refractivity contribution in [3.63, 3.8) is 0 Å². The molecular formula is C24H32N2O5S2. The van der Waals surface area contributed by atoms with Gasteiger partial charge in [-0.05, 0) is 31.9 Å². The average molecular weight is 493 g/mol. The number of benzene rings is 1. The number of hydrogen-bond acceptors (Lipinski definition) is 7. The van der Waals surface area contributed by atoms with Crippen molar-refractivity contribution in [2.75, 3.05) is 0 Å². The van der Waals surface area contributed by atoms with Gasteiger partial charge in [0.1, 0.15) is 12.3 Å². The van der Waals surface area contributed by atoms with E-state index in [4.69, 9.17) is 9.47 Å². The van der Waals surface area contributed by atoms with Crippen LogP contribution in [-0.4, -0.2) is 32.5 Å². The smallest absolute Gasteiger partial charge is 0.338 e. The van der Waals surface area contributed by atoms with Gasteiger partial charge in [0.2, 0.25) is 0 Å². The molecule has 2 aromatic rings. The summed E-state index contributed by atoms with van der Waals surface area (Å²) >= 11 is 0. The molecule has 0 spiro atoms. The molecule has 1 aliphatic heterocycles. The van der Waals surface area contributed by atoms with Gasteiger partial charge in [-0.15, -0.1) is 0 Å². The maximum atomic E-state index is 13.2. The van der Waals surface area contributed by atoms with Crippen molar-refractivity contribution in [1.82, 2.24) is 9.55 Å². The number of hydrogen-bond donors (Lipinski definition) is 1. The van der Waals surface area contributed by atoms with Gasteiger partial charge in [0, 0.05) is 28.2 Å². The van der Waals surface area contributed by atoms with Crippen molar-refractivity contribution in [2.24, 2.45) is 0 Å². The van der Waals surface area contributed by atoms with Crippen LogP contribution in [0.4, 0.5) is 0 Å². The molecule has 0 radical (unpaired) electrons. The van der Waals surface area contributed by atoms with E-state index in [2.05, 4.69) is 32.7 Å². The number of ether oxygens (including phenoxy) is 2. The van der Waals surface area contributed by atoms with Crippen LogP contribution in [0.1, 0.15) is 80.4 Å². The van der Waals surface area contributed by atoms with E-state index in [1.54, 1.807) is 34.6 Å². The summed E-state index contributed by atoms with van der Waals surface area (Å²) in [7, 11) is 3.52. The van der Waals surface area contributed by atoms with Crippen LogP contribution in [0.25, 0.3) is 0 Å². The molecule has 1 fully saturated rings. The fourth-order valence-electron chi connectivity index (χ4n) is 3.66. The van der Waals surface area contributed by atoms with E-state index >= 15 is 0 Å². The van der Waals surface area contributed by atoms with Crippen molar-refractivity contribution in [3.8, 4) is 0 Å². The summed E-state index contributed by atoms with van der Waals surface area (Å²) in [5, 5.41) is 0.107. The van der Waals surface area contributed by atoms with Crippen LogP contribution in [0.2, 0.25) is 0 Å². The van der Waals surface area contributed by atoms with Crippen molar-refractivity contribution >= 4 is 27.6 Å². The number of esters is 1. The van der Waals surface area contributed by atoms with Gasteiger partial charge >= 0.3 is 11.7 Å². The molecule has 1 saturated heterocycles. The third-order valence-corrected chi connectivity index (χ3v) is 9.15. The zero-order valence-corrected chi connectivity index (χ0v) is 21.5. The Balaban J connectivity index is 1.77. The van der Waals surface area contributed by atoms with Gasteiger partial charge in [0.05, 0.1) is 11.7 Å². The highest BCUT2D eigenvalue weighted by atomic mass is 33.1. The summed E-state index contributed by atoms with van der Waals surface area (Å²) < 4.78 is 13.4. The molecule has 33 heavy (non-hydrogen) atoms. The molecule has 1 N–H and O–H groups in total. The van der Waals surface area contributed by atoms with Gasteiger partial charge in [-0.25, -0.2) is 9.59 Å². The van der Waals surface area contributed by atoms with Crippen LogP contribution < -0.4 is 11.2 Å². The minimum absolute atomic E-state index is 0.107. The van der Waals surface area contributed by atoms with Crippen molar-refractivity contribution in [2.45, 2.75) is 82.8 Å². The Morgan fingerprint density at radius 2 is 2.00 bits per heavy atom. The second-order valence-corrected chi connectivity index (χ2v) is 12.6. The van der Waals surface area contributed by atoms with Gasteiger partial charge < -0.3 is 9.47 Å². The highest BCUT2D eigenvalue weighted by molar-refractivity contribution is 8.77. The first kappa shape index (κ1) is 25.6. The third-order valence-electron chi connectivity index (χ3n) is 5.36. The van der Waals surface area contributed by atoms with E-state index in [-0.39, 0.29) is 16.1 Å². The van der Waals surface area contributed by atoms with Gasteiger partial charge in [-0.1, -0.05) is 67.5 Å². The van der Waals surface area contributed by atoms with Gasteiger partial charge in [-0.3, -0.25) is 14.3 Å². The second kappa shape index (κ2) is 10.5. The van der Waals surface area contributed by atoms with E-state index in [1.807, 2.05) is 25.1 Å². The Kier molecular flexibility index (Phi) is 8.18. The standard InChI is InChI=1S/C24H32N2O5S2/c1-7-18-19(12-20(30-18)26-13-14(2)21(27)25-23(26)29)31-22(28)17-11-9-8-10-16(17)15(3)32-33-24(4,5)6/h8-11,13,15,18-20H,7,12H2,1-6H3,(H,25,27,29)/t15?,18-,19?,20-/m1/s1. The van der Waals surface area contributed by atoms with Gasteiger partial charge in [0.15, 0.2) is 0 Å². The molecule has 1 aromatic heterocycles. The first-order chi connectivity index (χ1) is 15.5. The summed E-state index contributed by atoms with van der Waals surface area (Å²) in [6.45, 7) is 12.2. The zero-order chi connectivity index (χ0) is 24.3. The Morgan fingerprint density at radius 3 is 2.67 bits per heavy atom. The summed E-state index contributed by atoms with van der Waals surface area (Å²) in [5.41, 5.74) is 0.935. The molecule has 9 heteroatoms. The molecule has 4 atom stereocenters. The van der Waals surface area contributed by atoms with E-state index in [1.165, 1.54) is 10.8 Å². The topological polar surface area (TPSA) is 90.4 Å². The summed E-state index contributed by atoms with van der Waals surface area (Å²) in [4.78, 5) is 39.5. The van der Waals surface area contributed by atoms with Gasteiger partial charge in [0.25, 0.3) is 5.56 Å². The van der Waals surface area contributed by atoms with E-state index in [0.29, 0.717) is 24.0 Å². The molecule has 0 aliphatic carbocycles. The molecule has 1 aromatic carbocycles. The van der Waals surface area contributed by atoms with Crippen molar-refractivity contribution in [1.29, 1.82) is 0 Å². The SMILES string of the molecule is CC[C@H]1O[C@@H](n2cc(C)c(=O)[nH]c2=O)CC1OC(=O)c1ccccc1C(C)SSC(C)(C)C. The van der Waals surface area contributed by atoms with Crippen molar-refractivity contribution in [3.05, 3.63) is 68.0 Å². The number of H-pyrrole nitrogens is 1. The number of aryl methyl sites for hydroxylation is 1. The number of nitrogens with one attached hydrogen (secondary N) is 1. The van der Waals surface area contributed by atoms with Crippen LogP contribution >= 0.6 is 21.6 Å². The highest BCUT2D eigenvalue weighted by Crippen LogP contribution is 2.45. The predicted octanol–water partition coefficient (Wildman–Crippen LogP) is 5.01. The number of rotatable bonds is 7. The van der Waals surface area contributed by atoms with Crippen molar-refractivity contribution < 1.29 is 14.3 Å². The lowest BCUT2D eigenvalue weighted by molar-refractivity contribution is -0.0310. The van der Waals surface area contributed by atoms with Crippen LogP contribution in [0.3, 0.4) is 0 Å². The monoisotopic (exact) mass is 492 g/mol. The molecule has 1 aliphatic rings. The van der Waals surface area contributed by atoms with Crippen LogP contribution in [0, 0.1) is 6.92 Å². The molecule has 0 saturated carbocycles. The lowest BCUT2D eigenvalue weighted by atomic mass is 10.0. The molecule has 0 bridgehead atoms. The molecule has 7 nitrogen and oxygen atoms in total. The van der Waals surface area contributed by atoms with Crippen LogP contribution in [-0.2, 0) is 9.47 Å². The quantitative estimate of drug-likeness (QED) is 0.429. The predicted molar refractivity (Wildman–Crippen MR) is 134 cm³/mol. The average Bonchev–Trinajstić information content (AvgIpc) is 3.16. The molecule has 2 unspecified atom stereocenters. The normalized spacial score (nSPS) is 21.7. The first-order valence-electron chi connectivity index (χ1n) is 11.1. The molecule has 2 heterocycles. The fraction of sp³-hybridized carbons (Fsp3) is 0.542. The number of carbonyl (C=O) groups is 1. The van der Waals surface area contributed by atoms with E-state index < -0.39 is 29.6 Å². The number of aromatic nitrogens is 2. The summed E-state index contributed by atoms with van der Waals surface area (Å²) in [6.07, 6.45) is 1.01. The summed E-state index contributed by atoms with van der Waals surface area (Å²) in [6, 6.07) is 7.52. The maximum absolute atomic E-state index is 13.2. The lowest BCUT2D eigenvalue weighted by Gasteiger charge is -2.22. The lowest BCUT2D eigenvalue weighted by Crippen LogP contribution is -2.33. The number of nitrogens with zero attached hydrogens (tertiary/aromatic N) is 1. The number of aromatic amines is 1. The Labute approximate surface area is 202 Å². The molecule has 3 rings (SSSR count).